The van der Waals surface area contributed by atoms with Crippen LogP contribution >= 0.6 is 0 Å². The number of hydrogen-bond acceptors (Lipinski definition) is 7. The minimum Gasteiger partial charge on any atom is -0.461 e. The Kier molecular flexibility index (Phi) is 5.94. The van der Waals surface area contributed by atoms with Crippen LogP contribution in [-0.2, 0) is 38.0 Å². The van der Waals surface area contributed by atoms with Crippen molar-refractivity contribution in [2.45, 2.75) is 94.8 Å². The van der Waals surface area contributed by atoms with Gasteiger partial charge in [0.15, 0.2) is 0 Å². The van der Waals surface area contributed by atoms with Gasteiger partial charge < -0.3 is 14.2 Å². The normalized spacial score (nSPS) is 31.1. The van der Waals surface area contributed by atoms with Crippen molar-refractivity contribution in [3.05, 3.63) is 64.9 Å². The van der Waals surface area contributed by atoms with Gasteiger partial charge in [-0.1, -0.05) is 24.3 Å². The van der Waals surface area contributed by atoms with E-state index >= 15 is 0 Å². The van der Waals surface area contributed by atoms with Crippen molar-refractivity contribution in [1.82, 2.24) is 29.3 Å². The summed E-state index contributed by atoms with van der Waals surface area (Å²) < 4.78 is 23.3. The number of halogens is 1. The summed E-state index contributed by atoms with van der Waals surface area (Å²) in [5.74, 6) is 0.978. The molecule has 216 valence electrons. The predicted molar refractivity (Wildman–Crippen MR) is 155 cm³/mol. The molecular weight excluding hydrogens is 517 g/mol. The summed E-state index contributed by atoms with van der Waals surface area (Å²) in [5.41, 5.74) is 6.09. The third-order valence-corrected chi connectivity index (χ3v) is 10.8. The minimum atomic E-state index is -0.778. The molecule has 2 fully saturated rings. The van der Waals surface area contributed by atoms with E-state index in [1.807, 2.05) is 12.5 Å². The molecule has 6 heterocycles. The molecular formula is C32H40FN7O. The summed E-state index contributed by atoms with van der Waals surface area (Å²) in [6.07, 6.45) is 9.99. The van der Waals surface area contributed by atoms with E-state index in [0.29, 0.717) is 25.6 Å². The molecule has 0 unspecified atom stereocenters. The van der Waals surface area contributed by atoms with Crippen molar-refractivity contribution in [2.24, 2.45) is 0 Å². The van der Waals surface area contributed by atoms with Gasteiger partial charge >= 0.3 is 6.01 Å². The first kappa shape index (κ1) is 25.7. The maximum absolute atomic E-state index is 14.5. The number of nitrogens with zero attached hydrogens (tertiary/aromatic N) is 7. The Morgan fingerprint density at radius 2 is 2.00 bits per heavy atom. The molecule has 4 aliphatic heterocycles. The molecule has 1 spiro atoms. The summed E-state index contributed by atoms with van der Waals surface area (Å²) in [6.45, 7) is 6.60. The molecule has 8 rings (SSSR count). The van der Waals surface area contributed by atoms with Crippen molar-refractivity contribution in [3.63, 3.8) is 0 Å². The second-order valence-corrected chi connectivity index (χ2v) is 13.2. The monoisotopic (exact) mass is 557 g/mol. The second-order valence-electron chi connectivity index (χ2n) is 13.2. The van der Waals surface area contributed by atoms with Crippen LogP contribution in [0.5, 0.6) is 6.01 Å². The molecule has 0 N–H and O–H groups in total. The number of anilines is 1. The molecule has 1 aromatic carbocycles. The summed E-state index contributed by atoms with van der Waals surface area (Å²) >= 11 is 0. The topological polar surface area (TPSA) is 62.6 Å². The van der Waals surface area contributed by atoms with Gasteiger partial charge in [-0.2, -0.15) is 9.97 Å². The molecule has 9 heteroatoms. The van der Waals surface area contributed by atoms with Crippen LogP contribution in [0.25, 0.3) is 0 Å². The summed E-state index contributed by atoms with van der Waals surface area (Å²) in [6, 6.07) is 9.67. The predicted octanol–water partition coefficient (Wildman–Crippen LogP) is 4.26. The fourth-order valence-electron chi connectivity index (χ4n) is 8.67. The van der Waals surface area contributed by atoms with Gasteiger partial charge in [0, 0.05) is 50.3 Å². The van der Waals surface area contributed by atoms with E-state index in [2.05, 4.69) is 62.5 Å². The van der Waals surface area contributed by atoms with Gasteiger partial charge in [-0.3, -0.25) is 9.80 Å². The third kappa shape index (κ3) is 4.02. The molecule has 8 nitrogen and oxygen atoms in total. The summed E-state index contributed by atoms with van der Waals surface area (Å²) in [7, 11) is 2.27. The number of likely N-dealkylation sites (N-methyl/N-ethyl adjacent to an activating group) is 1. The first-order valence-corrected chi connectivity index (χ1v) is 15.4. The molecule has 2 saturated heterocycles. The molecule has 3 aromatic rings. The lowest BCUT2D eigenvalue weighted by atomic mass is 9.71. The van der Waals surface area contributed by atoms with Gasteiger partial charge in [-0.05, 0) is 63.7 Å². The molecule has 0 radical (unpaired) electrons. The van der Waals surface area contributed by atoms with E-state index in [-0.39, 0.29) is 17.1 Å². The number of aromatic nitrogens is 4. The van der Waals surface area contributed by atoms with Crippen LogP contribution in [0.4, 0.5) is 10.2 Å². The number of fused-ring (bicyclic) bond motifs is 5. The molecule has 0 amide bonds. The number of benzene rings is 1. The largest absolute Gasteiger partial charge is 0.461 e. The van der Waals surface area contributed by atoms with E-state index in [1.54, 1.807) is 0 Å². The van der Waals surface area contributed by atoms with E-state index in [9.17, 15) is 4.39 Å². The van der Waals surface area contributed by atoms with E-state index in [0.717, 1.165) is 69.8 Å². The number of alkyl halides is 1. The quantitative estimate of drug-likeness (QED) is 0.475. The van der Waals surface area contributed by atoms with Crippen molar-refractivity contribution >= 4 is 5.82 Å². The van der Waals surface area contributed by atoms with Gasteiger partial charge in [0.1, 0.15) is 18.6 Å². The average Bonchev–Trinajstić information content (AvgIpc) is 3.66. The first-order valence-electron chi connectivity index (χ1n) is 15.4. The Morgan fingerprint density at radius 1 is 1.10 bits per heavy atom. The number of hydrogen-bond donors (Lipinski definition) is 0. The highest BCUT2D eigenvalue weighted by Crippen LogP contribution is 2.47. The van der Waals surface area contributed by atoms with Crippen LogP contribution in [0.3, 0.4) is 0 Å². The summed E-state index contributed by atoms with van der Waals surface area (Å²) in [4.78, 5) is 22.0. The highest BCUT2D eigenvalue weighted by molar-refractivity contribution is 5.54. The molecule has 5 aliphatic rings. The van der Waals surface area contributed by atoms with Gasteiger partial charge in [0.25, 0.3) is 0 Å². The zero-order valence-electron chi connectivity index (χ0n) is 24.2. The zero-order chi connectivity index (χ0) is 27.8. The second kappa shape index (κ2) is 9.49. The number of aryl methyl sites for hydroxylation is 1. The van der Waals surface area contributed by atoms with E-state index in [1.165, 1.54) is 28.8 Å². The third-order valence-electron chi connectivity index (χ3n) is 10.8. The molecule has 2 aromatic heterocycles. The molecule has 0 saturated carbocycles. The van der Waals surface area contributed by atoms with Crippen LogP contribution in [0.1, 0.15) is 67.1 Å². The minimum absolute atomic E-state index is 0.0787. The van der Waals surface area contributed by atoms with E-state index < -0.39 is 6.17 Å². The zero-order valence-corrected chi connectivity index (χ0v) is 24.2. The first-order chi connectivity index (χ1) is 19.9. The van der Waals surface area contributed by atoms with Gasteiger partial charge in [-0.15, -0.1) is 0 Å². The Labute approximate surface area is 241 Å². The molecule has 4 atom stereocenters. The van der Waals surface area contributed by atoms with Crippen molar-refractivity contribution in [1.29, 1.82) is 0 Å². The molecule has 1 aliphatic carbocycles. The number of imidazole rings is 1. The Bertz CT molecular complexity index is 1480. The van der Waals surface area contributed by atoms with Crippen LogP contribution in [0, 0.1) is 0 Å². The smallest absolute Gasteiger partial charge is 0.318 e. The van der Waals surface area contributed by atoms with Crippen LogP contribution in [0.15, 0.2) is 36.8 Å². The molecule has 41 heavy (non-hydrogen) atoms. The summed E-state index contributed by atoms with van der Waals surface area (Å²) in [5, 5.41) is 0. The van der Waals surface area contributed by atoms with E-state index in [4.69, 9.17) is 14.7 Å². The van der Waals surface area contributed by atoms with Gasteiger partial charge in [0.05, 0.1) is 35.3 Å². The lowest BCUT2D eigenvalue weighted by Crippen LogP contribution is -2.51. The standard InChI is InChI=1S/C32H40FN7O/c1-22-16-38-21-34-15-25(38)18-40(22)29-26-19-37(2)32(11-5-8-23-7-3-4-9-27(23)32)14-28(26)35-30(36-29)41-20-31-10-6-12-39(31)17-24(33)13-31/h3-4,7,9,15,21-22,24H,5-6,8,10-14,16-20H2,1-2H3/t22-,24-,31+,32+/m1/s1. The Morgan fingerprint density at radius 3 is 2.93 bits per heavy atom. The maximum atomic E-state index is 14.5. The van der Waals surface area contributed by atoms with Crippen molar-refractivity contribution in [3.8, 4) is 6.01 Å². The van der Waals surface area contributed by atoms with Gasteiger partial charge in [-0.25, -0.2) is 9.37 Å². The van der Waals surface area contributed by atoms with Crippen LogP contribution in [0.2, 0.25) is 0 Å². The molecule has 0 bridgehead atoms. The lowest BCUT2D eigenvalue weighted by molar-refractivity contribution is 0.0713. The Balaban J connectivity index is 1.19. The average molecular weight is 558 g/mol. The Hall–Kier alpha value is -3.04. The van der Waals surface area contributed by atoms with Gasteiger partial charge in [0.2, 0.25) is 0 Å². The highest BCUT2D eigenvalue weighted by atomic mass is 19.1. The number of ether oxygens (including phenoxy) is 1. The fourth-order valence-corrected chi connectivity index (χ4v) is 8.67. The number of rotatable bonds is 4. The fraction of sp³-hybridized carbons (Fsp3) is 0.594. The van der Waals surface area contributed by atoms with Crippen molar-refractivity contribution < 1.29 is 9.13 Å². The SMILES string of the molecule is C[C@@H]1Cn2cncc2CN1c1nc(OC[C@@]23CCCN2C[C@H](F)C3)nc2c1CN(C)[C@@]1(CCCc3ccccc31)C2. The van der Waals surface area contributed by atoms with Crippen LogP contribution < -0.4 is 9.64 Å². The highest BCUT2D eigenvalue weighted by Gasteiger charge is 2.50. The van der Waals surface area contributed by atoms with Crippen LogP contribution in [-0.4, -0.2) is 73.8 Å². The van der Waals surface area contributed by atoms with Crippen molar-refractivity contribution in [2.75, 3.05) is 31.6 Å². The maximum Gasteiger partial charge on any atom is 0.318 e. The lowest BCUT2D eigenvalue weighted by Gasteiger charge is -2.49.